The van der Waals surface area contributed by atoms with E-state index in [-0.39, 0.29) is 24.6 Å². The Morgan fingerprint density at radius 3 is 2.60 bits per heavy atom. The van der Waals surface area contributed by atoms with E-state index in [4.69, 9.17) is 0 Å². The summed E-state index contributed by atoms with van der Waals surface area (Å²) >= 11 is 0. The zero-order valence-electron chi connectivity index (χ0n) is 13.4. The van der Waals surface area contributed by atoms with Gasteiger partial charge in [0.05, 0.1) is 18.5 Å². The lowest BCUT2D eigenvalue weighted by Crippen LogP contribution is -2.31. The second-order valence-electron chi connectivity index (χ2n) is 5.62. The number of ether oxygens (including phenoxy) is 2. The van der Waals surface area contributed by atoms with E-state index in [2.05, 4.69) is 14.5 Å². The molecule has 0 fully saturated rings. The number of pyridine rings is 1. The number of nitrogens with zero attached hydrogens (tertiary/aromatic N) is 2. The lowest BCUT2D eigenvalue weighted by molar-refractivity contribution is -0.286. The summed E-state index contributed by atoms with van der Waals surface area (Å²) in [7, 11) is -3.45. The van der Waals surface area contributed by atoms with Crippen molar-refractivity contribution in [2.24, 2.45) is 0 Å². The topological polar surface area (TPSA) is 68.7 Å². The SMILES string of the molecule is CS(=O)(=O)N(CCc1ccc2c(c1)OC(F)(F)O2)Cc1ccccn1. The summed E-state index contributed by atoms with van der Waals surface area (Å²) in [6.07, 6.45) is -0.620. The van der Waals surface area contributed by atoms with Crippen LogP contribution in [0.1, 0.15) is 11.3 Å². The van der Waals surface area contributed by atoms with Gasteiger partial charge in [-0.3, -0.25) is 4.98 Å². The molecule has 6 nitrogen and oxygen atoms in total. The minimum atomic E-state index is -3.67. The smallest absolute Gasteiger partial charge is 0.395 e. The van der Waals surface area contributed by atoms with Gasteiger partial charge in [0.1, 0.15) is 0 Å². The number of hydrogen-bond acceptors (Lipinski definition) is 5. The van der Waals surface area contributed by atoms with Crippen molar-refractivity contribution in [1.82, 2.24) is 9.29 Å². The van der Waals surface area contributed by atoms with Crippen molar-refractivity contribution in [1.29, 1.82) is 0 Å². The van der Waals surface area contributed by atoms with E-state index in [9.17, 15) is 17.2 Å². The third-order valence-corrected chi connectivity index (χ3v) is 4.90. The predicted molar refractivity (Wildman–Crippen MR) is 85.8 cm³/mol. The molecule has 1 aliphatic rings. The van der Waals surface area contributed by atoms with Gasteiger partial charge in [0.25, 0.3) is 0 Å². The van der Waals surface area contributed by atoms with Crippen LogP contribution in [-0.4, -0.2) is 36.8 Å². The highest BCUT2D eigenvalue weighted by Gasteiger charge is 2.43. The average Bonchev–Trinajstić information content (AvgIpc) is 2.84. The molecule has 0 N–H and O–H groups in total. The lowest BCUT2D eigenvalue weighted by atomic mass is 10.1. The highest BCUT2D eigenvalue weighted by atomic mass is 32.2. The first-order valence-corrected chi connectivity index (χ1v) is 9.32. The monoisotopic (exact) mass is 370 g/mol. The zero-order chi connectivity index (χ0) is 18.1. The van der Waals surface area contributed by atoms with Crippen LogP contribution in [-0.2, 0) is 23.0 Å². The molecule has 134 valence electrons. The summed E-state index contributed by atoms with van der Waals surface area (Å²) in [6, 6.07) is 9.68. The third-order valence-electron chi connectivity index (χ3n) is 3.65. The van der Waals surface area contributed by atoms with Crippen molar-refractivity contribution in [3.8, 4) is 11.5 Å². The van der Waals surface area contributed by atoms with Gasteiger partial charge in [0.15, 0.2) is 11.5 Å². The quantitative estimate of drug-likeness (QED) is 0.781. The molecule has 3 rings (SSSR count). The molecule has 2 aromatic rings. The van der Waals surface area contributed by atoms with Crippen LogP contribution in [0.5, 0.6) is 11.5 Å². The largest absolute Gasteiger partial charge is 0.586 e. The van der Waals surface area contributed by atoms with Crippen molar-refractivity contribution < 1.29 is 26.7 Å². The molecular weight excluding hydrogens is 354 g/mol. The van der Waals surface area contributed by atoms with E-state index in [1.54, 1.807) is 30.5 Å². The van der Waals surface area contributed by atoms with Crippen LogP contribution < -0.4 is 9.47 Å². The molecule has 1 aromatic heterocycles. The van der Waals surface area contributed by atoms with Gasteiger partial charge in [-0.1, -0.05) is 12.1 Å². The molecule has 0 saturated heterocycles. The Bertz CT molecular complexity index is 860. The predicted octanol–water partition coefficient (Wildman–Crippen LogP) is 2.41. The third kappa shape index (κ3) is 4.43. The second-order valence-corrected chi connectivity index (χ2v) is 7.60. The molecule has 0 aliphatic carbocycles. The molecular formula is C16H16F2N2O4S. The number of aromatic nitrogens is 1. The highest BCUT2D eigenvalue weighted by molar-refractivity contribution is 7.88. The Balaban J connectivity index is 1.70. The molecule has 0 amide bonds. The fourth-order valence-corrected chi connectivity index (χ4v) is 3.23. The zero-order valence-corrected chi connectivity index (χ0v) is 14.2. The Kier molecular flexibility index (Phi) is 4.61. The van der Waals surface area contributed by atoms with Crippen molar-refractivity contribution in [2.45, 2.75) is 19.3 Å². The van der Waals surface area contributed by atoms with Gasteiger partial charge in [-0.15, -0.1) is 8.78 Å². The maximum Gasteiger partial charge on any atom is 0.586 e. The van der Waals surface area contributed by atoms with E-state index in [1.165, 1.54) is 16.4 Å². The van der Waals surface area contributed by atoms with Gasteiger partial charge >= 0.3 is 6.29 Å². The molecule has 25 heavy (non-hydrogen) atoms. The number of sulfonamides is 1. The van der Waals surface area contributed by atoms with Crippen LogP contribution in [0.3, 0.4) is 0 Å². The molecule has 0 atom stereocenters. The summed E-state index contributed by atoms with van der Waals surface area (Å²) in [5.41, 5.74) is 1.29. The molecule has 1 aromatic carbocycles. The highest BCUT2D eigenvalue weighted by Crippen LogP contribution is 2.41. The number of rotatable bonds is 6. The van der Waals surface area contributed by atoms with Gasteiger partial charge in [-0.25, -0.2) is 8.42 Å². The molecule has 0 spiro atoms. The summed E-state index contributed by atoms with van der Waals surface area (Å²) in [6.45, 7) is 0.327. The van der Waals surface area contributed by atoms with Crippen molar-refractivity contribution in [3.63, 3.8) is 0 Å². The molecule has 1 aliphatic heterocycles. The Morgan fingerprint density at radius 2 is 1.92 bits per heavy atom. The fourth-order valence-electron chi connectivity index (χ4n) is 2.44. The average molecular weight is 370 g/mol. The van der Waals surface area contributed by atoms with Gasteiger partial charge < -0.3 is 9.47 Å². The van der Waals surface area contributed by atoms with Gasteiger partial charge in [-0.2, -0.15) is 4.31 Å². The van der Waals surface area contributed by atoms with E-state index in [0.717, 1.165) is 6.26 Å². The molecule has 2 heterocycles. The van der Waals surface area contributed by atoms with Crippen LogP contribution in [0, 0.1) is 0 Å². The minimum Gasteiger partial charge on any atom is -0.395 e. The maximum atomic E-state index is 13.0. The minimum absolute atomic E-state index is 0.0396. The van der Waals surface area contributed by atoms with Gasteiger partial charge in [-0.05, 0) is 36.2 Å². The summed E-state index contributed by atoms with van der Waals surface area (Å²) < 4.78 is 60.1. The van der Waals surface area contributed by atoms with Crippen LogP contribution in [0.4, 0.5) is 8.78 Å². The Hall–Kier alpha value is -2.26. The Labute approximate surface area is 144 Å². The van der Waals surface area contributed by atoms with Crippen LogP contribution in [0.25, 0.3) is 0 Å². The van der Waals surface area contributed by atoms with E-state index < -0.39 is 16.3 Å². The standard InChI is InChI=1S/C16H16F2N2O4S/c1-25(21,22)20(11-13-4-2-3-8-19-13)9-7-12-5-6-14-15(10-12)24-16(17,18)23-14/h2-6,8,10H,7,9,11H2,1H3. The number of halogens is 2. The van der Waals surface area contributed by atoms with E-state index in [0.29, 0.717) is 17.7 Å². The number of benzene rings is 1. The number of alkyl halides is 2. The van der Waals surface area contributed by atoms with E-state index >= 15 is 0 Å². The van der Waals surface area contributed by atoms with Gasteiger partial charge in [0, 0.05) is 12.7 Å². The molecule has 0 saturated carbocycles. The molecule has 9 heteroatoms. The number of hydrogen-bond donors (Lipinski definition) is 0. The maximum absolute atomic E-state index is 13.0. The fraction of sp³-hybridized carbons (Fsp3) is 0.312. The first-order valence-electron chi connectivity index (χ1n) is 7.47. The molecule has 0 radical (unpaired) electrons. The van der Waals surface area contributed by atoms with Crippen molar-refractivity contribution >= 4 is 10.0 Å². The van der Waals surface area contributed by atoms with Crippen LogP contribution in [0.2, 0.25) is 0 Å². The van der Waals surface area contributed by atoms with E-state index in [1.807, 2.05) is 0 Å². The lowest BCUT2D eigenvalue weighted by Gasteiger charge is -2.19. The van der Waals surface area contributed by atoms with Gasteiger partial charge in [0.2, 0.25) is 10.0 Å². The summed E-state index contributed by atoms with van der Waals surface area (Å²) in [5, 5.41) is 0. The molecule has 0 bridgehead atoms. The second kappa shape index (κ2) is 6.57. The first kappa shape index (κ1) is 17.6. The number of fused-ring (bicyclic) bond motifs is 1. The first-order chi connectivity index (χ1) is 11.7. The summed E-state index contributed by atoms with van der Waals surface area (Å²) in [4.78, 5) is 4.12. The Morgan fingerprint density at radius 1 is 1.16 bits per heavy atom. The molecule has 0 unspecified atom stereocenters. The normalized spacial score (nSPS) is 15.5. The summed E-state index contributed by atoms with van der Waals surface area (Å²) in [5.74, 6) is -0.0969. The van der Waals surface area contributed by atoms with Crippen LogP contribution >= 0.6 is 0 Å². The van der Waals surface area contributed by atoms with Crippen LogP contribution in [0.15, 0.2) is 42.6 Å². The van der Waals surface area contributed by atoms with Crippen molar-refractivity contribution in [3.05, 3.63) is 53.9 Å². The van der Waals surface area contributed by atoms with Crippen molar-refractivity contribution in [2.75, 3.05) is 12.8 Å².